The van der Waals surface area contributed by atoms with Gasteiger partial charge in [0.15, 0.2) is 0 Å². The maximum absolute atomic E-state index is 12.0. The summed E-state index contributed by atoms with van der Waals surface area (Å²) in [4.78, 5) is 25.4. The smallest absolute Gasteiger partial charge is 0.340 e. The second-order valence-corrected chi connectivity index (χ2v) is 4.92. The fourth-order valence-corrected chi connectivity index (χ4v) is 2.11. The second-order valence-electron chi connectivity index (χ2n) is 4.92. The molecule has 0 radical (unpaired) electrons. The first-order valence-electron chi connectivity index (χ1n) is 6.38. The third kappa shape index (κ3) is 2.52. The van der Waals surface area contributed by atoms with E-state index in [4.69, 9.17) is 4.42 Å². The predicted octanol–water partition coefficient (Wildman–Crippen LogP) is 1.46. The van der Waals surface area contributed by atoms with Crippen LogP contribution in [0.3, 0.4) is 0 Å². The first-order valence-corrected chi connectivity index (χ1v) is 6.38. The van der Waals surface area contributed by atoms with Crippen molar-refractivity contribution in [1.82, 2.24) is 5.32 Å². The number of rotatable bonds is 3. The van der Waals surface area contributed by atoms with Crippen LogP contribution in [0.1, 0.15) is 11.1 Å². The zero-order chi connectivity index (χ0) is 14.9. The van der Waals surface area contributed by atoms with E-state index in [1.165, 1.54) is 0 Å². The van der Waals surface area contributed by atoms with E-state index in [9.17, 15) is 9.59 Å². The van der Waals surface area contributed by atoms with E-state index in [-0.39, 0.29) is 12.3 Å². The van der Waals surface area contributed by atoms with Gasteiger partial charge in [0, 0.05) is 38.3 Å². The molecular formula is C15H18N2O3. The highest BCUT2D eigenvalue weighted by Gasteiger charge is 2.14. The molecule has 0 spiro atoms. The third-order valence-corrected chi connectivity index (χ3v) is 3.40. The summed E-state index contributed by atoms with van der Waals surface area (Å²) in [5, 5.41) is 3.37. The first-order chi connectivity index (χ1) is 9.43. The molecule has 0 aliphatic carbocycles. The van der Waals surface area contributed by atoms with Gasteiger partial charge in [0.05, 0.1) is 12.0 Å². The molecule has 0 saturated heterocycles. The van der Waals surface area contributed by atoms with E-state index in [1.807, 2.05) is 44.1 Å². The van der Waals surface area contributed by atoms with Crippen LogP contribution in [-0.2, 0) is 11.2 Å². The molecule has 0 fully saturated rings. The average molecular weight is 274 g/mol. The number of fused-ring (bicyclic) bond motifs is 1. The molecule has 0 aliphatic heterocycles. The first kappa shape index (κ1) is 14.1. The second kappa shape index (κ2) is 5.36. The molecule has 5 heteroatoms. The van der Waals surface area contributed by atoms with Crippen molar-refractivity contribution in [1.29, 1.82) is 0 Å². The number of nitrogens with one attached hydrogen (secondary N) is 1. The van der Waals surface area contributed by atoms with Gasteiger partial charge in [0.1, 0.15) is 5.58 Å². The normalized spacial score (nSPS) is 10.6. The number of hydrogen-bond acceptors (Lipinski definition) is 4. The van der Waals surface area contributed by atoms with Crippen molar-refractivity contribution in [2.24, 2.45) is 0 Å². The van der Waals surface area contributed by atoms with Crippen LogP contribution in [0, 0.1) is 6.92 Å². The molecule has 0 atom stereocenters. The van der Waals surface area contributed by atoms with Crippen molar-refractivity contribution in [3.63, 3.8) is 0 Å². The Balaban J connectivity index is 2.62. The Morgan fingerprint density at radius 2 is 2.05 bits per heavy atom. The highest BCUT2D eigenvalue weighted by atomic mass is 16.4. The number of anilines is 1. The highest BCUT2D eigenvalue weighted by molar-refractivity contribution is 5.86. The summed E-state index contributed by atoms with van der Waals surface area (Å²) in [7, 11) is 5.39. The van der Waals surface area contributed by atoms with Gasteiger partial charge in [0.25, 0.3) is 0 Å². The van der Waals surface area contributed by atoms with E-state index in [0.29, 0.717) is 11.1 Å². The molecule has 1 N–H and O–H groups in total. The summed E-state index contributed by atoms with van der Waals surface area (Å²) < 4.78 is 5.35. The third-order valence-electron chi connectivity index (χ3n) is 3.40. The molecule has 0 saturated carbocycles. The van der Waals surface area contributed by atoms with E-state index in [0.717, 1.165) is 16.6 Å². The van der Waals surface area contributed by atoms with E-state index >= 15 is 0 Å². The lowest BCUT2D eigenvalue weighted by molar-refractivity contribution is -0.120. The topological polar surface area (TPSA) is 62.6 Å². The molecule has 1 heterocycles. The summed E-state index contributed by atoms with van der Waals surface area (Å²) in [5.74, 6) is -0.204. The van der Waals surface area contributed by atoms with Crippen molar-refractivity contribution >= 4 is 22.6 Å². The van der Waals surface area contributed by atoms with Crippen LogP contribution >= 0.6 is 0 Å². The van der Waals surface area contributed by atoms with Crippen molar-refractivity contribution < 1.29 is 9.21 Å². The monoisotopic (exact) mass is 274 g/mol. The zero-order valence-corrected chi connectivity index (χ0v) is 12.1. The Morgan fingerprint density at radius 1 is 1.35 bits per heavy atom. The largest absolute Gasteiger partial charge is 0.422 e. The maximum atomic E-state index is 12.0. The molecule has 1 aromatic carbocycles. The zero-order valence-electron chi connectivity index (χ0n) is 12.1. The molecule has 20 heavy (non-hydrogen) atoms. The van der Waals surface area contributed by atoms with Crippen LogP contribution in [0.15, 0.2) is 27.4 Å². The number of hydrogen-bond donors (Lipinski definition) is 1. The number of benzene rings is 1. The van der Waals surface area contributed by atoms with Gasteiger partial charge in [-0.05, 0) is 24.6 Å². The Kier molecular flexibility index (Phi) is 3.79. The molecule has 2 rings (SSSR count). The molecule has 0 unspecified atom stereocenters. The molecule has 1 aromatic heterocycles. The summed E-state index contributed by atoms with van der Waals surface area (Å²) in [5.41, 5.74) is 2.26. The molecule has 5 nitrogen and oxygen atoms in total. The molecule has 0 bridgehead atoms. The lowest BCUT2D eigenvalue weighted by Gasteiger charge is -2.13. The number of amides is 1. The number of nitrogens with zero attached hydrogens (tertiary/aromatic N) is 1. The average Bonchev–Trinajstić information content (AvgIpc) is 2.42. The van der Waals surface area contributed by atoms with E-state index in [2.05, 4.69) is 5.32 Å². The van der Waals surface area contributed by atoms with Crippen LogP contribution in [0.2, 0.25) is 0 Å². The van der Waals surface area contributed by atoms with Gasteiger partial charge in [-0.25, -0.2) is 4.79 Å². The maximum Gasteiger partial charge on any atom is 0.340 e. The van der Waals surface area contributed by atoms with Gasteiger partial charge in [-0.2, -0.15) is 0 Å². The van der Waals surface area contributed by atoms with Crippen LogP contribution in [0.25, 0.3) is 11.0 Å². The Morgan fingerprint density at radius 3 is 2.65 bits per heavy atom. The SMILES string of the molecule is CNC(=O)Cc1c(C)c2ccc(N(C)C)cc2oc1=O. The van der Waals surface area contributed by atoms with Gasteiger partial charge in [0.2, 0.25) is 5.91 Å². The predicted molar refractivity (Wildman–Crippen MR) is 79.3 cm³/mol. The fraction of sp³-hybridized carbons (Fsp3) is 0.333. The van der Waals surface area contributed by atoms with Gasteiger partial charge in [-0.3, -0.25) is 4.79 Å². The van der Waals surface area contributed by atoms with Gasteiger partial charge in [-0.15, -0.1) is 0 Å². The van der Waals surface area contributed by atoms with Crippen molar-refractivity contribution in [2.45, 2.75) is 13.3 Å². The number of carbonyl (C=O) groups excluding carboxylic acids is 1. The van der Waals surface area contributed by atoms with Crippen molar-refractivity contribution in [3.8, 4) is 0 Å². The quantitative estimate of drug-likeness (QED) is 0.861. The lowest BCUT2D eigenvalue weighted by atomic mass is 10.0. The summed E-state index contributed by atoms with van der Waals surface area (Å²) >= 11 is 0. The Hall–Kier alpha value is -2.30. The van der Waals surface area contributed by atoms with E-state index in [1.54, 1.807) is 7.05 Å². The number of likely N-dealkylation sites (N-methyl/N-ethyl adjacent to an activating group) is 1. The Bertz CT molecular complexity index is 717. The summed E-state index contributed by atoms with van der Waals surface area (Å²) in [6.45, 7) is 1.84. The number of carbonyl (C=O) groups is 1. The fourth-order valence-electron chi connectivity index (χ4n) is 2.11. The van der Waals surface area contributed by atoms with Crippen LogP contribution < -0.4 is 15.8 Å². The summed E-state index contributed by atoms with van der Waals surface area (Å²) in [6, 6.07) is 5.70. The summed E-state index contributed by atoms with van der Waals surface area (Å²) in [6.07, 6.45) is 0.0377. The van der Waals surface area contributed by atoms with Crippen molar-refractivity contribution in [3.05, 3.63) is 39.7 Å². The van der Waals surface area contributed by atoms with Crippen LogP contribution in [0.4, 0.5) is 5.69 Å². The lowest BCUT2D eigenvalue weighted by Crippen LogP contribution is -2.24. The van der Waals surface area contributed by atoms with Crippen LogP contribution in [-0.4, -0.2) is 27.1 Å². The van der Waals surface area contributed by atoms with Gasteiger partial charge >= 0.3 is 5.63 Å². The van der Waals surface area contributed by atoms with E-state index < -0.39 is 5.63 Å². The van der Waals surface area contributed by atoms with Gasteiger partial charge in [-0.1, -0.05) is 0 Å². The minimum Gasteiger partial charge on any atom is -0.422 e. The highest BCUT2D eigenvalue weighted by Crippen LogP contribution is 2.24. The minimum atomic E-state index is -0.450. The molecule has 2 aromatic rings. The van der Waals surface area contributed by atoms with Crippen molar-refractivity contribution in [2.75, 3.05) is 26.0 Å². The standard InChI is InChI=1S/C15H18N2O3/c1-9-11-6-5-10(17(3)4)7-13(11)20-15(19)12(9)8-14(18)16-2/h5-7H,8H2,1-4H3,(H,16,18). The van der Waals surface area contributed by atoms with Crippen LogP contribution in [0.5, 0.6) is 0 Å². The molecule has 106 valence electrons. The molecular weight excluding hydrogens is 256 g/mol. The Labute approximate surface area is 117 Å². The number of aryl methyl sites for hydroxylation is 1. The molecule has 0 aliphatic rings. The minimum absolute atomic E-state index is 0.0377. The van der Waals surface area contributed by atoms with Gasteiger partial charge < -0.3 is 14.6 Å². The molecule has 1 amide bonds.